The Kier molecular flexibility index (Phi) is 8.66. The van der Waals surface area contributed by atoms with Gasteiger partial charge in [-0.1, -0.05) is 41.0 Å². The summed E-state index contributed by atoms with van der Waals surface area (Å²) >= 11 is 0. The minimum absolute atomic E-state index is 0.00647. The van der Waals surface area contributed by atoms with Crippen LogP contribution >= 0.6 is 0 Å². The Labute approximate surface area is 235 Å². The van der Waals surface area contributed by atoms with E-state index in [1.165, 1.54) is 0 Å². The quantitative estimate of drug-likeness (QED) is 0.280. The van der Waals surface area contributed by atoms with E-state index in [2.05, 4.69) is 33.0 Å². The van der Waals surface area contributed by atoms with Gasteiger partial charge in [0.15, 0.2) is 0 Å². The van der Waals surface area contributed by atoms with Gasteiger partial charge < -0.3 is 20.6 Å². The van der Waals surface area contributed by atoms with Gasteiger partial charge in [0.05, 0.1) is 23.6 Å². The SMILES string of the molecule is CC[C@@H]1[C@@H]2C[C@H](O)CC[C@]2(C)C2C[C@H](O)[C@@]3(C)C(CC[C@@H]3[C@@H](C)C[C@H](C)C(=O)NCCS(=O)(=O)O)C2[C@@]1(C)O. The van der Waals surface area contributed by atoms with E-state index in [1.807, 2.05) is 13.8 Å². The summed E-state index contributed by atoms with van der Waals surface area (Å²) < 4.78 is 30.9. The molecule has 0 aromatic heterocycles. The van der Waals surface area contributed by atoms with Crippen LogP contribution in [0.25, 0.3) is 0 Å². The zero-order chi connectivity index (χ0) is 29.1. The van der Waals surface area contributed by atoms with Gasteiger partial charge in [-0.05, 0) is 104 Å². The van der Waals surface area contributed by atoms with E-state index in [0.717, 1.165) is 38.5 Å². The molecule has 226 valence electrons. The zero-order valence-corrected chi connectivity index (χ0v) is 25.6. The minimum atomic E-state index is -4.12. The van der Waals surface area contributed by atoms with Crippen molar-refractivity contribution in [2.45, 2.75) is 111 Å². The highest BCUT2D eigenvalue weighted by Crippen LogP contribution is 2.71. The fourth-order valence-corrected chi connectivity index (χ4v) is 11.1. The fourth-order valence-electron chi connectivity index (χ4n) is 10.7. The van der Waals surface area contributed by atoms with Crippen LogP contribution < -0.4 is 5.32 Å². The van der Waals surface area contributed by atoms with E-state index in [4.69, 9.17) is 4.55 Å². The monoisotopic (exact) mass is 571 g/mol. The van der Waals surface area contributed by atoms with Crippen LogP contribution in [-0.2, 0) is 14.9 Å². The average Bonchev–Trinajstić information content (AvgIpc) is 3.18. The summed E-state index contributed by atoms with van der Waals surface area (Å²) in [6, 6.07) is 0. The van der Waals surface area contributed by atoms with E-state index in [0.29, 0.717) is 12.8 Å². The van der Waals surface area contributed by atoms with Gasteiger partial charge in [0.1, 0.15) is 0 Å². The molecule has 1 amide bonds. The normalized spacial score (nSPS) is 47.4. The number of amides is 1. The number of carbonyl (C=O) groups excluding carboxylic acids is 1. The smallest absolute Gasteiger partial charge is 0.266 e. The first kappa shape index (κ1) is 31.2. The molecule has 0 aromatic carbocycles. The summed E-state index contributed by atoms with van der Waals surface area (Å²) in [5.41, 5.74) is -1.24. The molecule has 0 aromatic rings. The number of rotatable bonds is 8. The molecule has 4 rings (SSSR count). The predicted molar refractivity (Wildman–Crippen MR) is 150 cm³/mol. The molecule has 0 radical (unpaired) electrons. The summed E-state index contributed by atoms with van der Waals surface area (Å²) in [7, 11) is -4.12. The zero-order valence-electron chi connectivity index (χ0n) is 24.8. The van der Waals surface area contributed by atoms with Crippen LogP contribution in [0.5, 0.6) is 0 Å². The highest BCUT2D eigenvalue weighted by atomic mass is 32.2. The topological polar surface area (TPSA) is 144 Å². The van der Waals surface area contributed by atoms with E-state index >= 15 is 0 Å². The minimum Gasteiger partial charge on any atom is -0.393 e. The number of nitrogens with one attached hydrogen (secondary N) is 1. The van der Waals surface area contributed by atoms with Crippen LogP contribution in [0.3, 0.4) is 0 Å². The van der Waals surface area contributed by atoms with Crippen molar-refractivity contribution < 1.29 is 33.1 Å². The number of carbonyl (C=O) groups is 1. The first-order chi connectivity index (χ1) is 18.0. The highest BCUT2D eigenvalue weighted by molar-refractivity contribution is 7.85. The summed E-state index contributed by atoms with van der Waals surface area (Å²) in [6.07, 6.45) is 5.72. The van der Waals surface area contributed by atoms with Gasteiger partial charge in [-0.15, -0.1) is 0 Å². The number of hydrogen-bond acceptors (Lipinski definition) is 6. The van der Waals surface area contributed by atoms with E-state index in [1.54, 1.807) is 0 Å². The number of hydrogen-bond donors (Lipinski definition) is 5. The molecule has 5 N–H and O–H groups in total. The van der Waals surface area contributed by atoms with Crippen molar-refractivity contribution in [2.75, 3.05) is 12.3 Å². The molecule has 0 saturated heterocycles. The summed E-state index contributed by atoms with van der Waals surface area (Å²) in [6.45, 7) is 12.7. The molecule has 4 fully saturated rings. The second kappa shape index (κ2) is 10.8. The molecule has 8 nitrogen and oxygen atoms in total. The maximum Gasteiger partial charge on any atom is 0.266 e. The Morgan fingerprint density at radius 3 is 2.31 bits per heavy atom. The molecule has 0 aliphatic heterocycles. The lowest BCUT2D eigenvalue weighted by atomic mass is 9.38. The molecule has 0 bridgehead atoms. The van der Waals surface area contributed by atoms with Gasteiger partial charge in [0.2, 0.25) is 5.91 Å². The van der Waals surface area contributed by atoms with Gasteiger partial charge in [-0.2, -0.15) is 8.42 Å². The van der Waals surface area contributed by atoms with Gasteiger partial charge in [-0.25, -0.2) is 0 Å². The molecule has 39 heavy (non-hydrogen) atoms. The van der Waals surface area contributed by atoms with Crippen molar-refractivity contribution in [3.8, 4) is 0 Å². The average molecular weight is 572 g/mol. The van der Waals surface area contributed by atoms with Gasteiger partial charge in [-0.3, -0.25) is 9.35 Å². The maximum atomic E-state index is 12.7. The van der Waals surface area contributed by atoms with Crippen LogP contribution in [0.15, 0.2) is 0 Å². The third kappa shape index (κ3) is 5.33. The van der Waals surface area contributed by atoms with Crippen molar-refractivity contribution in [2.24, 2.45) is 58.2 Å². The fraction of sp³-hybridized carbons (Fsp3) is 0.967. The predicted octanol–water partition coefficient (Wildman–Crippen LogP) is 3.64. The van der Waals surface area contributed by atoms with Crippen LogP contribution in [0, 0.1) is 58.2 Å². The van der Waals surface area contributed by atoms with Crippen LogP contribution in [-0.4, -0.2) is 64.3 Å². The van der Waals surface area contributed by atoms with Gasteiger partial charge >= 0.3 is 0 Å². The molecule has 0 spiro atoms. The number of fused-ring (bicyclic) bond motifs is 5. The molecule has 9 heteroatoms. The largest absolute Gasteiger partial charge is 0.393 e. The summed E-state index contributed by atoms with van der Waals surface area (Å²) in [4.78, 5) is 12.7. The van der Waals surface area contributed by atoms with Gasteiger partial charge in [0.25, 0.3) is 10.1 Å². The third-order valence-corrected chi connectivity index (χ3v) is 13.3. The standard InChI is InChI=1S/C30H53NO7S/c1-7-20-23-15-19(32)10-11-28(23,4)24-16-25(33)29(5)21(8-9-22(29)26(24)30(20,6)35)17(2)14-18(3)27(34)31-12-13-39(36,37)38/h17-26,32-33,35H,7-16H2,1-6H3,(H,31,34)(H,36,37,38)/t17-,18-,19+,20+,21+,22?,23-,24?,25-,26?,28-,29+,30-/m0/s1. The second-order valence-corrected chi connectivity index (χ2v) is 16.1. The van der Waals surface area contributed by atoms with Crippen molar-refractivity contribution >= 4 is 16.0 Å². The first-order valence-corrected chi connectivity index (χ1v) is 16.9. The molecule has 4 aliphatic rings. The third-order valence-electron chi connectivity index (χ3n) is 12.6. The van der Waals surface area contributed by atoms with Crippen molar-refractivity contribution in [1.29, 1.82) is 0 Å². The molecule has 4 saturated carbocycles. The van der Waals surface area contributed by atoms with E-state index in [9.17, 15) is 28.5 Å². The molecule has 0 heterocycles. The van der Waals surface area contributed by atoms with Crippen molar-refractivity contribution in [1.82, 2.24) is 5.32 Å². The Balaban J connectivity index is 1.55. The second-order valence-electron chi connectivity index (χ2n) is 14.5. The number of aliphatic hydroxyl groups is 3. The van der Waals surface area contributed by atoms with E-state index in [-0.39, 0.29) is 76.7 Å². The van der Waals surface area contributed by atoms with Crippen molar-refractivity contribution in [3.63, 3.8) is 0 Å². The van der Waals surface area contributed by atoms with Crippen LogP contribution in [0.2, 0.25) is 0 Å². The molecule has 13 atom stereocenters. The van der Waals surface area contributed by atoms with E-state index < -0.39 is 27.6 Å². The first-order valence-electron chi connectivity index (χ1n) is 15.3. The molecular weight excluding hydrogens is 518 g/mol. The van der Waals surface area contributed by atoms with Crippen LogP contribution in [0.4, 0.5) is 0 Å². The Morgan fingerprint density at radius 2 is 1.69 bits per heavy atom. The summed E-state index contributed by atoms with van der Waals surface area (Å²) in [5, 5.41) is 37.4. The molecule has 3 unspecified atom stereocenters. The number of aliphatic hydroxyl groups excluding tert-OH is 2. The lowest BCUT2D eigenvalue weighted by Crippen LogP contribution is -2.69. The van der Waals surface area contributed by atoms with Crippen LogP contribution in [0.1, 0.15) is 92.9 Å². The Morgan fingerprint density at radius 1 is 1.03 bits per heavy atom. The maximum absolute atomic E-state index is 12.7. The summed E-state index contributed by atoms with van der Waals surface area (Å²) in [5.74, 6) is 0.159. The molecular formula is C30H53NO7S. The molecule has 4 aliphatic carbocycles. The Hall–Kier alpha value is -0.740. The lowest BCUT2D eigenvalue weighted by molar-refractivity contribution is -0.263. The lowest BCUT2D eigenvalue weighted by Gasteiger charge is -2.68. The Bertz CT molecular complexity index is 1020. The van der Waals surface area contributed by atoms with Crippen molar-refractivity contribution in [3.05, 3.63) is 0 Å². The highest BCUT2D eigenvalue weighted by Gasteiger charge is 2.70. The van der Waals surface area contributed by atoms with Gasteiger partial charge in [0, 0.05) is 12.5 Å².